The predicted molar refractivity (Wildman–Crippen MR) is 85.4 cm³/mol. The summed E-state index contributed by atoms with van der Waals surface area (Å²) in [6.45, 7) is 0.132. The summed E-state index contributed by atoms with van der Waals surface area (Å²) in [7, 11) is -3.37. The van der Waals surface area contributed by atoms with Crippen LogP contribution in [0.3, 0.4) is 0 Å². The molecular weight excluding hydrogens is 302 g/mol. The van der Waals surface area contributed by atoms with Gasteiger partial charge < -0.3 is 10.1 Å². The molecule has 0 atom stereocenters. The summed E-state index contributed by atoms with van der Waals surface area (Å²) in [6, 6.07) is 6.69. The number of hydrogen-bond acceptors (Lipinski definition) is 4. The van der Waals surface area contributed by atoms with Crippen LogP contribution in [-0.2, 0) is 14.6 Å². The monoisotopic (exact) mass is 321 g/mol. The Labute approximate surface area is 131 Å². The third-order valence-corrected chi connectivity index (χ3v) is 5.73. The van der Waals surface area contributed by atoms with Crippen LogP contribution in [0.4, 0.5) is 5.69 Å². The summed E-state index contributed by atoms with van der Waals surface area (Å²) >= 11 is 0. The van der Waals surface area contributed by atoms with Crippen molar-refractivity contribution in [2.24, 2.45) is 0 Å². The van der Waals surface area contributed by atoms with E-state index in [0.717, 1.165) is 12.8 Å². The first-order valence-electron chi connectivity index (χ1n) is 7.19. The highest BCUT2D eigenvalue weighted by Gasteiger charge is 2.30. The lowest BCUT2D eigenvalue weighted by molar-refractivity contribution is -0.113. The molecule has 118 valence electrons. The Morgan fingerprint density at radius 3 is 2.77 bits per heavy atom. The van der Waals surface area contributed by atoms with Crippen molar-refractivity contribution in [1.82, 2.24) is 0 Å². The molecule has 1 fully saturated rings. The van der Waals surface area contributed by atoms with Crippen LogP contribution in [0.5, 0.6) is 5.75 Å². The molecule has 1 saturated carbocycles. The molecule has 1 N–H and O–H groups in total. The van der Waals surface area contributed by atoms with Gasteiger partial charge >= 0.3 is 0 Å². The number of hydrogen-bond donors (Lipinski definition) is 1. The van der Waals surface area contributed by atoms with Gasteiger partial charge in [-0.15, -0.1) is 6.42 Å². The van der Waals surface area contributed by atoms with Crippen LogP contribution in [0.1, 0.15) is 25.7 Å². The van der Waals surface area contributed by atoms with Crippen molar-refractivity contribution < 1.29 is 17.9 Å². The number of sulfone groups is 1. The third-order valence-electron chi connectivity index (χ3n) is 3.58. The summed E-state index contributed by atoms with van der Waals surface area (Å²) in [5.74, 6) is 1.87. The number of carbonyl (C=O) groups is 1. The molecule has 1 aliphatic rings. The fourth-order valence-electron chi connectivity index (χ4n) is 2.53. The lowest BCUT2D eigenvalue weighted by Gasteiger charge is -2.11. The topological polar surface area (TPSA) is 72.5 Å². The van der Waals surface area contributed by atoms with E-state index in [2.05, 4.69) is 11.2 Å². The number of anilines is 1. The van der Waals surface area contributed by atoms with E-state index in [1.807, 2.05) is 0 Å². The van der Waals surface area contributed by atoms with E-state index in [1.54, 1.807) is 24.3 Å². The normalized spacial score (nSPS) is 15.2. The van der Waals surface area contributed by atoms with Crippen LogP contribution in [0, 0.1) is 12.3 Å². The maximum Gasteiger partial charge on any atom is 0.239 e. The van der Waals surface area contributed by atoms with Crippen molar-refractivity contribution >= 4 is 21.4 Å². The quantitative estimate of drug-likeness (QED) is 0.813. The number of nitrogens with one attached hydrogen (secondary N) is 1. The molecule has 0 aromatic heterocycles. The SMILES string of the molecule is C#CCOc1cccc(NC(=O)CS(=O)(=O)C2CCCC2)c1. The Kier molecular flexibility index (Phi) is 5.45. The second-order valence-electron chi connectivity index (χ2n) is 5.28. The van der Waals surface area contributed by atoms with Crippen molar-refractivity contribution in [3.8, 4) is 18.1 Å². The van der Waals surface area contributed by atoms with Crippen molar-refractivity contribution in [3.63, 3.8) is 0 Å². The molecule has 0 heterocycles. The minimum atomic E-state index is -3.37. The molecule has 0 unspecified atom stereocenters. The summed E-state index contributed by atoms with van der Waals surface area (Å²) in [4.78, 5) is 11.9. The van der Waals surface area contributed by atoms with Gasteiger partial charge in [-0.05, 0) is 25.0 Å². The van der Waals surface area contributed by atoms with Crippen molar-refractivity contribution in [3.05, 3.63) is 24.3 Å². The van der Waals surface area contributed by atoms with Gasteiger partial charge in [-0.2, -0.15) is 0 Å². The average Bonchev–Trinajstić information content (AvgIpc) is 3.00. The van der Waals surface area contributed by atoms with Crippen LogP contribution in [0.25, 0.3) is 0 Å². The molecular formula is C16H19NO4S. The summed E-state index contributed by atoms with van der Waals surface area (Å²) in [6.07, 6.45) is 8.26. The molecule has 6 heteroatoms. The van der Waals surface area contributed by atoms with Gasteiger partial charge in [0.15, 0.2) is 9.84 Å². The smallest absolute Gasteiger partial charge is 0.239 e. The van der Waals surface area contributed by atoms with E-state index in [1.165, 1.54) is 0 Å². The second kappa shape index (κ2) is 7.32. The van der Waals surface area contributed by atoms with E-state index in [0.29, 0.717) is 24.3 Å². The molecule has 1 aliphatic carbocycles. The van der Waals surface area contributed by atoms with Gasteiger partial charge in [0.05, 0.1) is 5.25 Å². The minimum Gasteiger partial charge on any atom is -0.481 e. The molecule has 22 heavy (non-hydrogen) atoms. The van der Waals surface area contributed by atoms with Gasteiger partial charge in [-0.1, -0.05) is 24.8 Å². The Hall–Kier alpha value is -2.00. The number of ether oxygens (including phenoxy) is 1. The molecule has 0 bridgehead atoms. The first-order chi connectivity index (χ1) is 10.5. The predicted octanol–water partition coefficient (Wildman–Crippen LogP) is 1.99. The van der Waals surface area contributed by atoms with E-state index < -0.39 is 21.5 Å². The van der Waals surface area contributed by atoms with E-state index in [4.69, 9.17) is 11.2 Å². The molecule has 1 aromatic rings. The van der Waals surface area contributed by atoms with Crippen molar-refractivity contribution in [2.45, 2.75) is 30.9 Å². The number of carbonyl (C=O) groups excluding carboxylic acids is 1. The lowest BCUT2D eigenvalue weighted by atomic mass is 10.3. The average molecular weight is 321 g/mol. The van der Waals surface area contributed by atoms with Crippen molar-refractivity contribution in [2.75, 3.05) is 17.7 Å². The van der Waals surface area contributed by atoms with Crippen LogP contribution >= 0.6 is 0 Å². The summed E-state index contributed by atoms with van der Waals surface area (Å²) in [5, 5.41) is 2.22. The fraction of sp³-hybridized carbons (Fsp3) is 0.438. The zero-order chi connectivity index (χ0) is 16.0. The molecule has 1 amide bonds. The summed E-state index contributed by atoms with van der Waals surface area (Å²) in [5.41, 5.74) is 0.487. The largest absolute Gasteiger partial charge is 0.481 e. The maximum atomic E-state index is 12.1. The van der Waals surface area contributed by atoms with E-state index in [-0.39, 0.29) is 11.9 Å². The highest BCUT2D eigenvalue weighted by Crippen LogP contribution is 2.25. The van der Waals surface area contributed by atoms with Gasteiger partial charge in [-0.25, -0.2) is 8.42 Å². The Balaban J connectivity index is 1.95. The standard InChI is InChI=1S/C16H19NO4S/c1-2-10-21-14-7-5-6-13(11-14)17-16(18)12-22(19,20)15-8-3-4-9-15/h1,5-7,11,15H,3-4,8-10,12H2,(H,17,18). The number of benzene rings is 1. The van der Waals surface area contributed by atoms with Gasteiger partial charge in [0.25, 0.3) is 0 Å². The van der Waals surface area contributed by atoms with E-state index >= 15 is 0 Å². The zero-order valence-electron chi connectivity index (χ0n) is 12.2. The number of rotatable bonds is 6. The van der Waals surface area contributed by atoms with Gasteiger partial charge in [0.2, 0.25) is 5.91 Å². The zero-order valence-corrected chi connectivity index (χ0v) is 13.1. The highest BCUT2D eigenvalue weighted by molar-refractivity contribution is 7.92. The third kappa shape index (κ3) is 4.50. The Bertz CT molecular complexity index is 670. The molecule has 0 saturated heterocycles. The molecule has 0 radical (unpaired) electrons. The summed E-state index contributed by atoms with van der Waals surface area (Å²) < 4.78 is 29.5. The van der Waals surface area contributed by atoms with Crippen LogP contribution < -0.4 is 10.1 Å². The Morgan fingerprint density at radius 2 is 2.09 bits per heavy atom. The second-order valence-corrected chi connectivity index (χ2v) is 7.56. The van der Waals surface area contributed by atoms with Gasteiger partial charge in [0, 0.05) is 11.8 Å². The molecule has 0 spiro atoms. The van der Waals surface area contributed by atoms with Crippen molar-refractivity contribution in [1.29, 1.82) is 0 Å². The first-order valence-corrected chi connectivity index (χ1v) is 8.90. The van der Waals surface area contributed by atoms with Gasteiger partial charge in [-0.3, -0.25) is 4.79 Å². The highest BCUT2D eigenvalue weighted by atomic mass is 32.2. The molecule has 0 aliphatic heterocycles. The van der Waals surface area contributed by atoms with E-state index in [9.17, 15) is 13.2 Å². The van der Waals surface area contributed by atoms with Crippen LogP contribution in [-0.4, -0.2) is 31.9 Å². The minimum absolute atomic E-state index is 0.132. The van der Waals surface area contributed by atoms with Gasteiger partial charge in [0.1, 0.15) is 18.1 Å². The Morgan fingerprint density at radius 1 is 1.36 bits per heavy atom. The maximum absolute atomic E-state index is 12.1. The number of amides is 1. The number of terminal acetylenes is 1. The molecule has 5 nitrogen and oxygen atoms in total. The first kappa shape index (κ1) is 16.4. The lowest BCUT2D eigenvalue weighted by Crippen LogP contribution is -2.29. The fourth-order valence-corrected chi connectivity index (χ4v) is 4.26. The van der Waals surface area contributed by atoms with Crippen LogP contribution in [0.15, 0.2) is 24.3 Å². The van der Waals surface area contributed by atoms with Crippen LogP contribution in [0.2, 0.25) is 0 Å². The molecule has 2 rings (SSSR count). The molecule has 1 aromatic carbocycles.